The molecule has 0 aromatic heterocycles. The maximum absolute atomic E-state index is 12.4. The molecule has 4 nitrogen and oxygen atoms in total. The van der Waals surface area contributed by atoms with E-state index in [2.05, 4.69) is 0 Å². The number of halogens is 2. The van der Waals surface area contributed by atoms with Crippen molar-refractivity contribution in [1.82, 2.24) is 4.90 Å². The van der Waals surface area contributed by atoms with E-state index in [9.17, 15) is 14.7 Å². The number of likely N-dealkylation sites (tertiary alicyclic amines) is 1. The first-order valence-corrected chi connectivity index (χ1v) is 7.91. The van der Waals surface area contributed by atoms with E-state index in [0.717, 1.165) is 0 Å². The number of aliphatic hydroxyl groups is 1. The third-order valence-corrected chi connectivity index (χ3v) is 4.48. The summed E-state index contributed by atoms with van der Waals surface area (Å²) >= 11 is 11.8. The van der Waals surface area contributed by atoms with Crippen LogP contribution in [0.2, 0.25) is 10.0 Å². The topological polar surface area (TPSA) is 57.6 Å². The summed E-state index contributed by atoms with van der Waals surface area (Å²) in [7, 11) is 1.53. The fraction of sp³-hybridized carbons (Fsp3) is 0.111. The van der Waals surface area contributed by atoms with Crippen molar-refractivity contribution in [2.75, 3.05) is 7.05 Å². The van der Waals surface area contributed by atoms with Gasteiger partial charge < -0.3 is 10.0 Å². The predicted octanol–water partition coefficient (Wildman–Crippen LogP) is 4.04. The Kier molecular flexibility index (Phi) is 4.35. The molecule has 1 fully saturated rings. The molecule has 0 spiro atoms. The SMILES string of the molecule is CN1C(=O)C(=O)/C(=C(/O)c2ccc(Cl)cc2)C1c1ccc(Cl)cc1. The van der Waals surface area contributed by atoms with Crippen molar-refractivity contribution in [1.29, 1.82) is 0 Å². The molecule has 1 aliphatic rings. The van der Waals surface area contributed by atoms with Gasteiger partial charge in [0, 0.05) is 22.7 Å². The minimum Gasteiger partial charge on any atom is -0.507 e. The smallest absolute Gasteiger partial charge is 0.295 e. The van der Waals surface area contributed by atoms with Crippen LogP contribution in [-0.4, -0.2) is 28.7 Å². The fourth-order valence-corrected chi connectivity index (χ4v) is 3.00. The molecule has 1 N–H and O–H groups in total. The van der Waals surface area contributed by atoms with Gasteiger partial charge in [-0.2, -0.15) is 0 Å². The zero-order chi connectivity index (χ0) is 17.4. The molecule has 0 bridgehead atoms. The van der Waals surface area contributed by atoms with Gasteiger partial charge in [-0.05, 0) is 42.0 Å². The van der Waals surface area contributed by atoms with Gasteiger partial charge in [-0.1, -0.05) is 35.3 Å². The lowest BCUT2D eigenvalue weighted by Gasteiger charge is -2.21. The molecule has 0 aliphatic carbocycles. The summed E-state index contributed by atoms with van der Waals surface area (Å²) in [5.74, 6) is -1.61. The molecule has 3 rings (SSSR count). The number of carbonyl (C=O) groups excluding carboxylic acids is 2. The molecule has 1 atom stereocenters. The van der Waals surface area contributed by atoms with E-state index in [0.29, 0.717) is 21.2 Å². The number of benzene rings is 2. The summed E-state index contributed by atoms with van der Waals surface area (Å²) in [4.78, 5) is 25.8. The van der Waals surface area contributed by atoms with E-state index < -0.39 is 17.7 Å². The van der Waals surface area contributed by atoms with Crippen LogP contribution in [0.3, 0.4) is 0 Å². The summed E-state index contributed by atoms with van der Waals surface area (Å²) in [5, 5.41) is 11.7. The first kappa shape index (κ1) is 16.6. The number of ketones is 1. The van der Waals surface area contributed by atoms with Crippen LogP contribution in [0.1, 0.15) is 17.2 Å². The lowest BCUT2D eigenvalue weighted by Crippen LogP contribution is -2.24. The molecule has 1 heterocycles. The van der Waals surface area contributed by atoms with Crippen LogP contribution in [-0.2, 0) is 9.59 Å². The zero-order valence-electron chi connectivity index (χ0n) is 12.7. The second kappa shape index (κ2) is 6.30. The van der Waals surface area contributed by atoms with Gasteiger partial charge in [-0.25, -0.2) is 0 Å². The molecule has 6 heteroatoms. The van der Waals surface area contributed by atoms with E-state index in [1.807, 2.05) is 0 Å². The van der Waals surface area contributed by atoms with Crippen molar-refractivity contribution in [2.45, 2.75) is 6.04 Å². The van der Waals surface area contributed by atoms with Gasteiger partial charge in [-0.15, -0.1) is 0 Å². The number of amides is 1. The van der Waals surface area contributed by atoms with E-state index in [-0.39, 0.29) is 11.3 Å². The van der Waals surface area contributed by atoms with Gasteiger partial charge in [-0.3, -0.25) is 9.59 Å². The van der Waals surface area contributed by atoms with Crippen molar-refractivity contribution in [3.63, 3.8) is 0 Å². The Morgan fingerprint density at radius 2 is 1.46 bits per heavy atom. The van der Waals surface area contributed by atoms with Crippen LogP contribution in [0.15, 0.2) is 54.1 Å². The number of likely N-dealkylation sites (N-methyl/N-ethyl adjacent to an activating group) is 1. The molecule has 1 unspecified atom stereocenters. The third-order valence-electron chi connectivity index (χ3n) is 3.98. The molecule has 1 saturated heterocycles. The average molecular weight is 362 g/mol. The summed E-state index contributed by atoms with van der Waals surface area (Å²) in [6.07, 6.45) is 0. The Hall–Kier alpha value is -2.30. The minimum absolute atomic E-state index is 0.0483. The molecule has 1 aliphatic heterocycles. The molecule has 0 saturated carbocycles. The Morgan fingerprint density at radius 3 is 2.00 bits per heavy atom. The summed E-state index contributed by atoms with van der Waals surface area (Å²) in [5.41, 5.74) is 1.16. The highest BCUT2D eigenvalue weighted by molar-refractivity contribution is 6.46. The van der Waals surface area contributed by atoms with E-state index in [1.54, 1.807) is 48.5 Å². The Bertz CT molecular complexity index is 842. The molecule has 24 heavy (non-hydrogen) atoms. The molecule has 1 amide bonds. The zero-order valence-corrected chi connectivity index (χ0v) is 14.2. The highest BCUT2D eigenvalue weighted by atomic mass is 35.5. The first-order chi connectivity index (χ1) is 11.4. The number of aliphatic hydroxyl groups excluding tert-OH is 1. The van der Waals surface area contributed by atoms with Crippen LogP contribution >= 0.6 is 23.2 Å². The predicted molar refractivity (Wildman–Crippen MR) is 93.0 cm³/mol. The molecule has 2 aromatic rings. The number of rotatable bonds is 2. The van der Waals surface area contributed by atoms with Gasteiger partial charge in [0.05, 0.1) is 11.6 Å². The van der Waals surface area contributed by atoms with Crippen molar-refractivity contribution in [2.24, 2.45) is 0 Å². The van der Waals surface area contributed by atoms with Gasteiger partial charge in [0.1, 0.15) is 5.76 Å². The van der Waals surface area contributed by atoms with Crippen molar-refractivity contribution >= 4 is 40.7 Å². The van der Waals surface area contributed by atoms with E-state index in [1.165, 1.54) is 11.9 Å². The second-order valence-electron chi connectivity index (χ2n) is 5.47. The Labute approximate surface area is 148 Å². The minimum atomic E-state index is -0.718. The normalized spacial score (nSPS) is 19.8. The maximum atomic E-state index is 12.4. The Balaban J connectivity index is 2.16. The molecule has 2 aromatic carbocycles. The van der Waals surface area contributed by atoms with Gasteiger partial charge in [0.15, 0.2) is 0 Å². The van der Waals surface area contributed by atoms with E-state index in [4.69, 9.17) is 23.2 Å². The average Bonchev–Trinajstić information content (AvgIpc) is 2.80. The molecular weight excluding hydrogens is 349 g/mol. The third kappa shape index (κ3) is 2.79. The van der Waals surface area contributed by atoms with Crippen LogP contribution in [0, 0.1) is 0 Å². The van der Waals surface area contributed by atoms with Crippen LogP contribution < -0.4 is 0 Å². The standard InChI is InChI=1S/C18H13Cl2NO3/c1-21-15(10-2-6-12(19)7-3-10)14(17(23)18(21)24)16(22)11-4-8-13(20)9-5-11/h2-9,15,22H,1H3/b16-14+. The number of hydrogen-bond donors (Lipinski definition) is 1. The first-order valence-electron chi connectivity index (χ1n) is 7.16. The highest BCUT2D eigenvalue weighted by Crippen LogP contribution is 2.38. The van der Waals surface area contributed by atoms with E-state index >= 15 is 0 Å². The number of Topliss-reactive ketones (excluding diaryl/α,β-unsaturated/α-hetero) is 1. The van der Waals surface area contributed by atoms with Crippen LogP contribution in [0.25, 0.3) is 5.76 Å². The number of carbonyl (C=O) groups is 2. The lowest BCUT2D eigenvalue weighted by atomic mass is 9.95. The maximum Gasteiger partial charge on any atom is 0.295 e. The van der Waals surface area contributed by atoms with Crippen LogP contribution in [0.4, 0.5) is 0 Å². The molecule has 0 radical (unpaired) electrons. The Morgan fingerprint density at radius 1 is 0.958 bits per heavy atom. The van der Waals surface area contributed by atoms with Crippen LogP contribution in [0.5, 0.6) is 0 Å². The quantitative estimate of drug-likeness (QED) is 0.498. The number of nitrogens with zero attached hydrogens (tertiary/aromatic N) is 1. The van der Waals surface area contributed by atoms with Crippen molar-refractivity contribution < 1.29 is 14.7 Å². The lowest BCUT2D eigenvalue weighted by molar-refractivity contribution is -0.139. The van der Waals surface area contributed by atoms with Crippen molar-refractivity contribution in [3.8, 4) is 0 Å². The van der Waals surface area contributed by atoms with Gasteiger partial charge in [0.25, 0.3) is 11.7 Å². The number of hydrogen-bond acceptors (Lipinski definition) is 3. The highest BCUT2D eigenvalue weighted by Gasteiger charge is 2.44. The van der Waals surface area contributed by atoms with Crippen molar-refractivity contribution in [3.05, 3.63) is 75.3 Å². The summed E-state index contributed by atoms with van der Waals surface area (Å²) in [6, 6.07) is 12.5. The monoisotopic (exact) mass is 361 g/mol. The largest absolute Gasteiger partial charge is 0.507 e. The summed E-state index contributed by atoms with van der Waals surface area (Å²) < 4.78 is 0. The second-order valence-corrected chi connectivity index (χ2v) is 6.34. The van der Waals surface area contributed by atoms with Gasteiger partial charge >= 0.3 is 0 Å². The summed E-state index contributed by atoms with van der Waals surface area (Å²) in [6.45, 7) is 0. The molecular formula is C18H13Cl2NO3. The fourth-order valence-electron chi connectivity index (χ4n) is 2.75. The molecule has 122 valence electrons. The van der Waals surface area contributed by atoms with Gasteiger partial charge in [0.2, 0.25) is 0 Å².